The van der Waals surface area contributed by atoms with Crippen molar-refractivity contribution in [2.45, 2.75) is 64.8 Å². The summed E-state index contributed by atoms with van der Waals surface area (Å²) in [5.41, 5.74) is 0.737. The van der Waals surface area contributed by atoms with Gasteiger partial charge in [0.2, 0.25) is 0 Å². The minimum absolute atomic E-state index is 0.322. The van der Waals surface area contributed by atoms with Crippen molar-refractivity contribution in [3.05, 3.63) is 0 Å². The van der Waals surface area contributed by atoms with Gasteiger partial charge in [0.15, 0.2) is 0 Å². The Bertz CT molecular complexity index is 261. The number of nitrogens with zero attached hydrogens (tertiary/aromatic N) is 1. The molecule has 2 aliphatic heterocycles. The zero-order chi connectivity index (χ0) is 12.1. The summed E-state index contributed by atoms with van der Waals surface area (Å²) in [7, 11) is 0. The topological polar surface area (TPSA) is 3.24 Å². The van der Waals surface area contributed by atoms with Gasteiger partial charge < -0.3 is 0 Å². The van der Waals surface area contributed by atoms with Crippen LogP contribution >= 0.6 is 11.8 Å². The van der Waals surface area contributed by atoms with Crippen LogP contribution in [0.3, 0.4) is 0 Å². The summed E-state index contributed by atoms with van der Waals surface area (Å²) >= 11 is 2.21. The van der Waals surface area contributed by atoms with Crippen molar-refractivity contribution in [2.24, 2.45) is 11.3 Å². The van der Waals surface area contributed by atoms with Gasteiger partial charge in [0, 0.05) is 23.4 Å². The maximum atomic E-state index is 2.77. The van der Waals surface area contributed by atoms with E-state index >= 15 is 0 Å². The Labute approximate surface area is 105 Å². The smallest absolute Gasteiger partial charge is 0.0218 e. The third kappa shape index (κ3) is 2.15. The van der Waals surface area contributed by atoms with E-state index in [9.17, 15) is 0 Å². The van der Waals surface area contributed by atoms with Gasteiger partial charge in [0.1, 0.15) is 0 Å². The SMILES string of the molecule is CC(C)(C)C1C2CCSC2CN1C(C)(C)C. The summed E-state index contributed by atoms with van der Waals surface area (Å²) in [4.78, 5) is 2.77. The maximum absolute atomic E-state index is 2.77. The average Bonchev–Trinajstić information content (AvgIpc) is 2.53. The number of fused-ring (bicyclic) bond motifs is 1. The van der Waals surface area contributed by atoms with Crippen LogP contribution in [-0.2, 0) is 0 Å². The number of hydrogen-bond donors (Lipinski definition) is 0. The summed E-state index contributed by atoms with van der Waals surface area (Å²) in [6.45, 7) is 15.7. The van der Waals surface area contributed by atoms with Crippen LogP contribution in [0.2, 0.25) is 0 Å². The Kier molecular flexibility index (Phi) is 3.12. The molecule has 3 atom stereocenters. The maximum Gasteiger partial charge on any atom is 0.0218 e. The highest BCUT2D eigenvalue weighted by Crippen LogP contribution is 2.49. The minimum atomic E-state index is 0.322. The standard InChI is InChI=1S/C14H27NS/c1-13(2,3)12-10-7-8-16-11(10)9-15(12)14(4,5)6/h10-12H,7-9H2,1-6H3. The fourth-order valence-corrected chi connectivity index (χ4v) is 5.06. The molecule has 0 N–H and O–H groups in total. The second kappa shape index (κ2) is 3.91. The molecule has 2 aliphatic rings. The highest BCUT2D eigenvalue weighted by atomic mass is 32.2. The van der Waals surface area contributed by atoms with Gasteiger partial charge >= 0.3 is 0 Å². The van der Waals surface area contributed by atoms with Gasteiger partial charge in [-0.2, -0.15) is 11.8 Å². The van der Waals surface area contributed by atoms with Crippen molar-refractivity contribution in [2.75, 3.05) is 12.3 Å². The van der Waals surface area contributed by atoms with Crippen LogP contribution in [0.4, 0.5) is 0 Å². The van der Waals surface area contributed by atoms with E-state index in [0.29, 0.717) is 11.0 Å². The zero-order valence-electron chi connectivity index (χ0n) is 11.7. The number of thioether (sulfide) groups is 1. The fraction of sp³-hybridized carbons (Fsp3) is 1.00. The van der Waals surface area contributed by atoms with Crippen molar-refractivity contribution in [1.82, 2.24) is 4.90 Å². The van der Waals surface area contributed by atoms with Crippen LogP contribution < -0.4 is 0 Å². The Morgan fingerprint density at radius 3 is 2.19 bits per heavy atom. The molecule has 0 radical (unpaired) electrons. The van der Waals surface area contributed by atoms with Crippen molar-refractivity contribution < 1.29 is 0 Å². The first-order chi connectivity index (χ1) is 7.21. The second-order valence-electron chi connectivity index (χ2n) is 7.50. The Balaban J connectivity index is 2.27. The van der Waals surface area contributed by atoms with E-state index in [1.165, 1.54) is 18.7 Å². The van der Waals surface area contributed by atoms with Crippen molar-refractivity contribution in [1.29, 1.82) is 0 Å². The third-order valence-electron chi connectivity index (χ3n) is 4.13. The molecule has 3 unspecified atom stereocenters. The molecule has 0 aromatic heterocycles. The zero-order valence-corrected chi connectivity index (χ0v) is 12.5. The first kappa shape index (κ1) is 12.8. The van der Waals surface area contributed by atoms with E-state index in [1.54, 1.807) is 0 Å². The number of rotatable bonds is 0. The Hall–Kier alpha value is 0.310. The molecule has 2 saturated heterocycles. The number of likely N-dealkylation sites (tertiary alicyclic amines) is 1. The molecular weight excluding hydrogens is 214 g/mol. The quantitative estimate of drug-likeness (QED) is 0.637. The van der Waals surface area contributed by atoms with E-state index in [-0.39, 0.29) is 0 Å². The molecule has 0 spiro atoms. The van der Waals surface area contributed by atoms with Crippen molar-refractivity contribution >= 4 is 11.8 Å². The monoisotopic (exact) mass is 241 g/mol. The molecule has 2 heterocycles. The van der Waals surface area contributed by atoms with E-state index in [4.69, 9.17) is 0 Å². The van der Waals surface area contributed by atoms with Gasteiger partial charge in [-0.3, -0.25) is 4.90 Å². The highest BCUT2D eigenvalue weighted by Gasteiger charge is 2.51. The molecule has 2 fully saturated rings. The summed E-state index contributed by atoms with van der Waals surface area (Å²) in [5, 5.41) is 0.906. The molecule has 1 nitrogen and oxygen atoms in total. The van der Waals surface area contributed by atoms with Crippen molar-refractivity contribution in [3.63, 3.8) is 0 Å². The summed E-state index contributed by atoms with van der Waals surface area (Å²) < 4.78 is 0. The predicted octanol–water partition coefficient (Wildman–Crippen LogP) is 3.64. The average molecular weight is 241 g/mol. The van der Waals surface area contributed by atoms with E-state index < -0.39 is 0 Å². The second-order valence-corrected chi connectivity index (χ2v) is 8.84. The van der Waals surface area contributed by atoms with Crippen LogP contribution in [0.15, 0.2) is 0 Å². The van der Waals surface area contributed by atoms with Crippen LogP contribution in [0.5, 0.6) is 0 Å². The van der Waals surface area contributed by atoms with Gasteiger partial charge in [-0.05, 0) is 44.3 Å². The lowest BCUT2D eigenvalue weighted by Crippen LogP contribution is -2.51. The lowest BCUT2D eigenvalue weighted by atomic mass is 9.77. The normalized spacial score (nSPS) is 36.8. The Morgan fingerprint density at radius 2 is 1.69 bits per heavy atom. The number of hydrogen-bond acceptors (Lipinski definition) is 2. The van der Waals surface area contributed by atoms with Gasteiger partial charge in [-0.25, -0.2) is 0 Å². The molecular formula is C14H27NS. The molecule has 0 amide bonds. The fourth-order valence-electron chi connectivity index (χ4n) is 3.55. The van der Waals surface area contributed by atoms with Crippen LogP contribution in [0, 0.1) is 11.3 Å². The molecule has 2 heteroatoms. The highest BCUT2D eigenvalue weighted by molar-refractivity contribution is 8.00. The molecule has 0 aromatic carbocycles. The Morgan fingerprint density at radius 1 is 1.06 bits per heavy atom. The first-order valence-corrected chi connectivity index (χ1v) is 7.64. The first-order valence-electron chi connectivity index (χ1n) is 6.59. The van der Waals surface area contributed by atoms with Gasteiger partial charge in [-0.1, -0.05) is 20.8 Å². The minimum Gasteiger partial charge on any atom is -0.294 e. The molecule has 2 rings (SSSR count). The van der Waals surface area contributed by atoms with Crippen LogP contribution in [0.1, 0.15) is 48.0 Å². The summed E-state index contributed by atoms with van der Waals surface area (Å²) in [5.74, 6) is 2.32. The lowest BCUT2D eigenvalue weighted by Gasteiger charge is -2.45. The third-order valence-corrected chi connectivity index (χ3v) is 5.53. The van der Waals surface area contributed by atoms with E-state index in [2.05, 4.69) is 58.2 Å². The predicted molar refractivity (Wildman–Crippen MR) is 74.1 cm³/mol. The summed E-state index contributed by atoms with van der Waals surface area (Å²) in [6.07, 6.45) is 1.43. The molecule has 0 bridgehead atoms. The van der Waals surface area contributed by atoms with Crippen LogP contribution in [-0.4, -0.2) is 34.0 Å². The largest absolute Gasteiger partial charge is 0.294 e. The molecule has 0 aliphatic carbocycles. The van der Waals surface area contributed by atoms with Gasteiger partial charge in [-0.15, -0.1) is 0 Å². The summed E-state index contributed by atoms with van der Waals surface area (Å²) in [6, 6.07) is 0.771. The van der Waals surface area contributed by atoms with E-state index in [1.807, 2.05) is 0 Å². The molecule has 0 aromatic rings. The lowest BCUT2D eigenvalue weighted by molar-refractivity contribution is 0.0388. The van der Waals surface area contributed by atoms with E-state index in [0.717, 1.165) is 17.2 Å². The van der Waals surface area contributed by atoms with Gasteiger partial charge in [0.25, 0.3) is 0 Å². The molecule has 94 valence electrons. The van der Waals surface area contributed by atoms with Gasteiger partial charge in [0.05, 0.1) is 0 Å². The molecule has 0 saturated carbocycles. The molecule has 16 heavy (non-hydrogen) atoms. The van der Waals surface area contributed by atoms with Crippen LogP contribution in [0.25, 0.3) is 0 Å². The van der Waals surface area contributed by atoms with Crippen molar-refractivity contribution in [3.8, 4) is 0 Å².